The van der Waals surface area contributed by atoms with Crippen molar-refractivity contribution in [2.24, 2.45) is 0 Å². The second kappa shape index (κ2) is 5.49. The summed E-state index contributed by atoms with van der Waals surface area (Å²) >= 11 is 0. The van der Waals surface area contributed by atoms with E-state index in [1.807, 2.05) is 30.3 Å². The van der Waals surface area contributed by atoms with Crippen LogP contribution in [0.2, 0.25) is 0 Å². The molecule has 0 saturated heterocycles. The molecule has 0 aliphatic heterocycles. The zero-order chi connectivity index (χ0) is 14.7. The van der Waals surface area contributed by atoms with Gasteiger partial charge in [-0.1, -0.05) is 35.5 Å². The van der Waals surface area contributed by atoms with Gasteiger partial charge in [-0.3, -0.25) is 9.48 Å². The van der Waals surface area contributed by atoms with E-state index in [1.54, 1.807) is 17.1 Å². The lowest BCUT2D eigenvalue weighted by molar-refractivity contribution is 0.101. The molecule has 0 saturated carbocycles. The highest BCUT2D eigenvalue weighted by molar-refractivity contribution is 6.02. The van der Waals surface area contributed by atoms with Gasteiger partial charge in [-0.15, -0.1) is 0 Å². The number of aromatic nitrogens is 3. The van der Waals surface area contributed by atoms with Crippen molar-refractivity contribution < 1.29 is 9.32 Å². The third kappa shape index (κ3) is 3.08. The predicted octanol–water partition coefficient (Wildman–Crippen LogP) is 1.75. The van der Waals surface area contributed by atoms with Gasteiger partial charge in [0, 0.05) is 12.3 Å². The Morgan fingerprint density at radius 3 is 2.86 bits per heavy atom. The number of carbonyl (C=O) groups excluding carboxylic acids is 1. The summed E-state index contributed by atoms with van der Waals surface area (Å²) in [4.78, 5) is 11.9. The van der Waals surface area contributed by atoms with Crippen molar-refractivity contribution in [3.05, 3.63) is 60.0 Å². The van der Waals surface area contributed by atoms with Gasteiger partial charge in [-0.2, -0.15) is 5.10 Å². The number of nitrogens with zero attached hydrogens (tertiary/aromatic N) is 3. The maximum absolute atomic E-state index is 11.9. The van der Waals surface area contributed by atoms with Gasteiger partial charge >= 0.3 is 0 Å². The first kappa shape index (κ1) is 12.9. The van der Waals surface area contributed by atoms with Crippen LogP contribution in [0.25, 0.3) is 0 Å². The fourth-order valence-corrected chi connectivity index (χ4v) is 1.88. The molecule has 0 atom stereocenters. The molecule has 0 fully saturated rings. The molecule has 1 amide bonds. The normalized spacial score (nSPS) is 10.5. The maximum atomic E-state index is 11.9. The SMILES string of the molecule is Nc1cc(C(=O)Nc2cnn(Cc3ccccc3)c2)no1. The summed E-state index contributed by atoms with van der Waals surface area (Å²) in [5.74, 6) is -0.297. The highest BCUT2D eigenvalue weighted by atomic mass is 16.5. The molecule has 0 aliphatic rings. The van der Waals surface area contributed by atoms with E-state index in [1.165, 1.54) is 6.07 Å². The Hall–Kier alpha value is -3.09. The Kier molecular flexibility index (Phi) is 3.38. The van der Waals surface area contributed by atoms with E-state index in [-0.39, 0.29) is 11.6 Å². The summed E-state index contributed by atoms with van der Waals surface area (Å²) in [7, 11) is 0. The lowest BCUT2D eigenvalue weighted by Crippen LogP contribution is -2.11. The van der Waals surface area contributed by atoms with Gasteiger partial charge in [0.25, 0.3) is 5.91 Å². The van der Waals surface area contributed by atoms with E-state index in [0.717, 1.165) is 5.56 Å². The van der Waals surface area contributed by atoms with Crippen molar-refractivity contribution in [2.75, 3.05) is 11.1 Å². The molecule has 0 spiro atoms. The third-order valence-electron chi connectivity index (χ3n) is 2.84. The molecule has 2 heterocycles. The van der Waals surface area contributed by atoms with Crippen molar-refractivity contribution >= 4 is 17.5 Å². The quantitative estimate of drug-likeness (QED) is 0.760. The van der Waals surface area contributed by atoms with Crippen molar-refractivity contribution in [3.63, 3.8) is 0 Å². The first-order chi connectivity index (χ1) is 10.2. The van der Waals surface area contributed by atoms with Crippen LogP contribution >= 0.6 is 0 Å². The number of nitrogens with two attached hydrogens (primary N) is 1. The van der Waals surface area contributed by atoms with Crippen LogP contribution in [0.1, 0.15) is 16.1 Å². The average Bonchev–Trinajstić information content (AvgIpc) is 3.09. The van der Waals surface area contributed by atoms with Gasteiger partial charge in [0.05, 0.1) is 18.4 Å². The molecule has 21 heavy (non-hydrogen) atoms. The Bertz CT molecular complexity index is 748. The smallest absolute Gasteiger partial charge is 0.278 e. The van der Waals surface area contributed by atoms with Crippen molar-refractivity contribution in [3.8, 4) is 0 Å². The van der Waals surface area contributed by atoms with Crippen LogP contribution in [0.3, 0.4) is 0 Å². The largest absolute Gasteiger partial charge is 0.368 e. The molecule has 3 N–H and O–H groups in total. The lowest BCUT2D eigenvalue weighted by Gasteiger charge is -2.01. The summed E-state index contributed by atoms with van der Waals surface area (Å²) in [6.07, 6.45) is 3.32. The van der Waals surface area contributed by atoms with Crippen molar-refractivity contribution in [1.29, 1.82) is 0 Å². The number of benzene rings is 1. The van der Waals surface area contributed by atoms with Gasteiger partial charge in [0.1, 0.15) is 0 Å². The molecule has 7 heteroatoms. The van der Waals surface area contributed by atoms with E-state index in [4.69, 9.17) is 5.73 Å². The molecule has 0 unspecified atom stereocenters. The van der Waals surface area contributed by atoms with Crippen molar-refractivity contribution in [1.82, 2.24) is 14.9 Å². The predicted molar refractivity (Wildman–Crippen MR) is 76.6 cm³/mol. The molecule has 106 valence electrons. The zero-order valence-electron chi connectivity index (χ0n) is 11.1. The summed E-state index contributed by atoms with van der Waals surface area (Å²) < 4.78 is 6.39. The third-order valence-corrected chi connectivity index (χ3v) is 2.84. The average molecular weight is 283 g/mol. The minimum atomic E-state index is -0.394. The van der Waals surface area contributed by atoms with Crippen LogP contribution in [-0.2, 0) is 6.54 Å². The van der Waals surface area contributed by atoms with E-state index in [9.17, 15) is 4.79 Å². The van der Waals surface area contributed by atoms with E-state index < -0.39 is 5.91 Å². The molecule has 0 aliphatic carbocycles. The maximum Gasteiger partial charge on any atom is 0.278 e. The topological polar surface area (TPSA) is 99.0 Å². The fraction of sp³-hybridized carbons (Fsp3) is 0.0714. The van der Waals surface area contributed by atoms with Gasteiger partial charge in [-0.25, -0.2) is 0 Å². The summed E-state index contributed by atoms with van der Waals surface area (Å²) in [6, 6.07) is 11.3. The first-order valence-electron chi connectivity index (χ1n) is 6.30. The lowest BCUT2D eigenvalue weighted by atomic mass is 10.2. The fourth-order valence-electron chi connectivity index (χ4n) is 1.88. The number of hydrogen-bond donors (Lipinski definition) is 2. The Morgan fingerprint density at radius 2 is 2.14 bits per heavy atom. The molecule has 0 radical (unpaired) electrons. The zero-order valence-corrected chi connectivity index (χ0v) is 11.1. The number of rotatable bonds is 4. The highest BCUT2D eigenvalue weighted by Crippen LogP contribution is 2.11. The second-order valence-electron chi connectivity index (χ2n) is 4.48. The Labute approximate surface area is 120 Å². The molecular formula is C14H13N5O2. The van der Waals surface area contributed by atoms with Crippen molar-refractivity contribution in [2.45, 2.75) is 6.54 Å². The molecule has 2 aromatic heterocycles. The van der Waals surface area contributed by atoms with Crippen LogP contribution in [0.15, 0.2) is 53.3 Å². The number of carbonyl (C=O) groups is 1. The highest BCUT2D eigenvalue weighted by Gasteiger charge is 2.12. The molecule has 7 nitrogen and oxygen atoms in total. The molecular weight excluding hydrogens is 270 g/mol. The molecule has 3 aromatic rings. The Morgan fingerprint density at radius 1 is 1.33 bits per heavy atom. The summed E-state index contributed by atoms with van der Waals surface area (Å²) in [6.45, 7) is 0.633. The molecule has 3 rings (SSSR count). The van der Waals surface area contributed by atoms with Gasteiger partial charge in [0.2, 0.25) is 5.88 Å². The second-order valence-corrected chi connectivity index (χ2v) is 4.48. The van der Waals surface area contributed by atoms with Gasteiger partial charge in [0.15, 0.2) is 5.69 Å². The van der Waals surface area contributed by atoms with Gasteiger partial charge in [-0.05, 0) is 5.56 Å². The van der Waals surface area contributed by atoms with Crippen LogP contribution < -0.4 is 11.1 Å². The molecule has 1 aromatic carbocycles. The number of anilines is 2. The minimum absolute atomic E-state index is 0.0972. The Balaban J connectivity index is 1.66. The number of nitrogen functional groups attached to an aromatic ring is 1. The van der Waals surface area contributed by atoms with Crippen LogP contribution in [0.5, 0.6) is 0 Å². The van der Waals surface area contributed by atoms with Gasteiger partial charge < -0.3 is 15.6 Å². The number of amides is 1. The number of hydrogen-bond acceptors (Lipinski definition) is 5. The van der Waals surface area contributed by atoms with Crippen LogP contribution in [-0.4, -0.2) is 20.8 Å². The van der Waals surface area contributed by atoms with E-state index >= 15 is 0 Å². The minimum Gasteiger partial charge on any atom is -0.368 e. The standard InChI is InChI=1S/C14H13N5O2/c15-13-6-12(18-21-13)14(20)17-11-7-16-19(9-11)8-10-4-2-1-3-5-10/h1-7,9H,8,15H2,(H,17,20). The summed E-state index contributed by atoms with van der Waals surface area (Å²) in [5.41, 5.74) is 7.21. The number of nitrogens with one attached hydrogen (secondary N) is 1. The monoisotopic (exact) mass is 283 g/mol. The van der Waals surface area contributed by atoms with E-state index in [2.05, 4.69) is 20.1 Å². The van der Waals surface area contributed by atoms with Crippen LogP contribution in [0, 0.1) is 0 Å². The molecule has 0 bridgehead atoms. The van der Waals surface area contributed by atoms with Crippen LogP contribution in [0.4, 0.5) is 11.6 Å². The summed E-state index contributed by atoms with van der Waals surface area (Å²) in [5, 5.41) is 10.4. The van der Waals surface area contributed by atoms with E-state index in [0.29, 0.717) is 12.2 Å². The first-order valence-corrected chi connectivity index (χ1v) is 6.30.